The second-order valence-corrected chi connectivity index (χ2v) is 5.10. The molecule has 6 nitrogen and oxygen atoms in total. The van der Waals surface area contributed by atoms with Crippen LogP contribution in [0.25, 0.3) is 0 Å². The van der Waals surface area contributed by atoms with Crippen molar-refractivity contribution in [2.75, 3.05) is 5.43 Å². The number of ether oxygens (including phenoxy) is 1. The van der Waals surface area contributed by atoms with E-state index in [9.17, 15) is 10.1 Å². The molecule has 0 spiro atoms. The summed E-state index contributed by atoms with van der Waals surface area (Å²) >= 11 is 0. The number of rotatable bonds is 6. The van der Waals surface area contributed by atoms with Gasteiger partial charge >= 0.3 is 5.69 Å². The van der Waals surface area contributed by atoms with Crippen LogP contribution in [0.15, 0.2) is 84.0 Å². The maximum atomic E-state index is 11.1. The highest BCUT2D eigenvalue weighted by atomic mass is 16.6. The molecule has 0 radical (unpaired) electrons. The second kappa shape index (κ2) is 7.74. The fraction of sp³-hybridized carbons (Fsp3) is 0. The van der Waals surface area contributed by atoms with Crippen molar-refractivity contribution < 1.29 is 9.66 Å². The minimum atomic E-state index is -0.469. The summed E-state index contributed by atoms with van der Waals surface area (Å²) in [5, 5.41) is 15.3. The topological polar surface area (TPSA) is 76.8 Å². The highest BCUT2D eigenvalue weighted by Crippen LogP contribution is 2.32. The molecule has 124 valence electrons. The largest absolute Gasteiger partial charge is 0.449 e. The number of nitro groups is 1. The van der Waals surface area contributed by atoms with Crippen molar-refractivity contribution in [3.63, 3.8) is 0 Å². The molecule has 0 unspecified atom stereocenters. The molecule has 0 aromatic heterocycles. The molecule has 0 aliphatic rings. The van der Waals surface area contributed by atoms with Crippen molar-refractivity contribution in [3.8, 4) is 11.5 Å². The van der Waals surface area contributed by atoms with Gasteiger partial charge in [-0.25, -0.2) is 0 Å². The van der Waals surface area contributed by atoms with Crippen LogP contribution in [0.1, 0.15) is 5.56 Å². The lowest BCUT2D eigenvalue weighted by atomic mass is 10.2. The van der Waals surface area contributed by atoms with Crippen molar-refractivity contribution in [2.45, 2.75) is 0 Å². The fourth-order valence-electron chi connectivity index (χ4n) is 2.18. The van der Waals surface area contributed by atoms with Gasteiger partial charge in [0.25, 0.3) is 0 Å². The van der Waals surface area contributed by atoms with Gasteiger partial charge in [0.05, 0.1) is 16.8 Å². The molecule has 0 atom stereocenters. The summed E-state index contributed by atoms with van der Waals surface area (Å²) < 4.78 is 5.74. The number of para-hydroxylation sites is 4. The third-order valence-electron chi connectivity index (χ3n) is 3.37. The van der Waals surface area contributed by atoms with E-state index < -0.39 is 4.92 Å². The molecule has 0 fully saturated rings. The van der Waals surface area contributed by atoms with Crippen molar-refractivity contribution in [3.05, 3.63) is 94.5 Å². The van der Waals surface area contributed by atoms with Crippen LogP contribution < -0.4 is 10.2 Å². The lowest BCUT2D eigenvalue weighted by molar-refractivity contribution is -0.385. The van der Waals surface area contributed by atoms with Crippen molar-refractivity contribution in [1.29, 1.82) is 0 Å². The first-order valence-corrected chi connectivity index (χ1v) is 7.58. The van der Waals surface area contributed by atoms with Crippen LogP contribution >= 0.6 is 0 Å². The Kier molecular flexibility index (Phi) is 5.01. The molecule has 0 amide bonds. The van der Waals surface area contributed by atoms with E-state index in [2.05, 4.69) is 10.5 Å². The number of hydrogen-bond acceptors (Lipinski definition) is 5. The Labute approximate surface area is 144 Å². The molecule has 6 heteroatoms. The number of nitrogens with one attached hydrogen (secondary N) is 1. The fourth-order valence-corrected chi connectivity index (χ4v) is 2.18. The molecule has 0 saturated heterocycles. The molecular formula is C19H15N3O3. The smallest absolute Gasteiger partial charge is 0.311 e. The number of hydrogen-bond donors (Lipinski definition) is 1. The lowest BCUT2D eigenvalue weighted by Gasteiger charge is -2.08. The van der Waals surface area contributed by atoms with Gasteiger partial charge < -0.3 is 4.74 Å². The van der Waals surface area contributed by atoms with E-state index in [1.165, 1.54) is 6.07 Å². The summed E-state index contributed by atoms with van der Waals surface area (Å²) in [5.74, 6) is 0.666. The van der Waals surface area contributed by atoms with E-state index in [4.69, 9.17) is 4.74 Å². The Morgan fingerprint density at radius 1 is 0.880 bits per heavy atom. The van der Waals surface area contributed by atoms with Crippen molar-refractivity contribution in [2.24, 2.45) is 5.10 Å². The standard InChI is InChI=1S/C19H15N3O3/c23-22(24)17-11-5-7-13-19(17)25-18-12-6-4-8-15(18)14-20-21-16-9-2-1-3-10-16/h1-14,21H. The Bertz CT molecular complexity index is 895. The Morgan fingerprint density at radius 3 is 2.28 bits per heavy atom. The molecular weight excluding hydrogens is 318 g/mol. The van der Waals surface area contributed by atoms with Gasteiger partial charge in [0, 0.05) is 11.6 Å². The summed E-state index contributed by atoms with van der Waals surface area (Å²) in [6, 6.07) is 23.0. The maximum absolute atomic E-state index is 11.1. The minimum absolute atomic E-state index is 0.0864. The molecule has 0 bridgehead atoms. The zero-order valence-corrected chi connectivity index (χ0v) is 13.2. The van der Waals surface area contributed by atoms with Gasteiger partial charge in [-0.2, -0.15) is 5.10 Å². The SMILES string of the molecule is O=[N+]([O-])c1ccccc1Oc1ccccc1C=NNc1ccccc1. The van der Waals surface area contributed by atoms with E-state index in [1.807, 2.05) is 42.5 Å². The Balaban J connectivity index is 1.81. The van der Waals surface area contributed by atoms with E-state index in [-0.39, 0.29) is 11.4 Å². The van der Waals surface area contributed by atoms with Gasteiger partial charge in [-0.15, -0.1) is 0 Å². The summed E-state index contributed by atoms with van der Waals surface area (Å²) in [5.41, 5.74) is 4.39. The molecule has 0 aliphatic heterocycles. The van der Waals surface area contributed by atoms with Crippen LogP contribution in [0.5, 0.6) is 11.5 Å². The van der Waals surface area contributed by atoms with Crippen molar-refractivity contribution >= 4 is 17.6 Å². The molecule has 3 rings (SSSR count). The zero-order chi connectivity index (χ0) is 17.5. The van der Waals surface area contributed by atoms with Gasteiger partial charge in [0.15, 0.2) is 0 Å². The molecule has 3 aromatic rings. The highest BCUT2D eigenvalue weighted by Gasteiger charge is 2.15. The predicted octanol–water partition coefficient (Wildman–Crippen LogP) is 4.83. The first-order valence-electron chi connectivity index (χ1n) is 7.58. The average molecular weight is 333 g/mol. The van der Waals surface area contributed by atoms with E-state index >= 15 is 0 Å². The number of anilines is 1. The second-order valence-electron chi connectivity index (χ2n) is 5.10. The van der Waals surface area contributed by atoms with Gasteiger partial charge in [-0.3, -0.25) is 15.5 Å². The highest BCUT2D eigenvalue weighted by molar-refractivity contribution is 5.84. The first kappa shape index (κ1) is 16.2. The molecule has 3 aromatic carbocycles. The van der Waals surface area contributed by atoms with Crippen LogP contribution in [0.3, 0.4) is 0 Å². The summed E-state index contributed by atoms with van der Waals surface area (Å²) in [4.78, 5) is 10.6. The monoisotopic (exact) mass is 333 g/mol. The third-order valence-corrected chi connectivity index (χ3v) is 3.37. The van der Waals surface area contributed by atoms with Gasteiger partial charge in [0.2, 0.25) is 5.75 Å². The van der Waals surface area contributed by atoms with Crippen molar-refractivity contribution in [1.82, 2.24) is 0 Å². The van der Waals surface area contributed by atoms with E-state index in [1.54, 1.807) is 36.5 Å². The minimum Gasteiger partial charge on any atom is -0.449 e. The molecule has 1 N–H and O–H groups in total. The van der Waals surface area contributed by atoms with E-state index in [0.29, 0.717) is 11.3 Å². The van der Waals surface area contributed by atoms with Gasteiger partial charge in [-0.05, 0) is 30.3 Å². The number of nitro benzene ring substituents is 1. The predicted molar refractivity (Wildman–Crippen MR) is 97.3 cm³/mol. The third kappa shape index (κ3) is 4.20. The van der Waals surface area contributed by atoms with Crippen LogP contribution in [0.4, 0.5) is 11.4 Å². The van der Waals surface area contributed by atoms with Crippen LogP contribution in [-0.4, -0.2) is 11.1 Å². The normalized spacial score (nSPS) is 10.6. The summed E-state index contributed by atoms with van der Waals surface area (Å²) in [7, 11) is 0. The van der Waals surface area contributed by atoms with Crippen LogP contribution in [-0.2, 0) is 0 Å². The summed E-state index contributed by atoms with van der Waals surface area (Å²) in [6.45, 7) is 0. The average Bonchev–Trinajstić information content (AvgIpc) is 2.64. The number of nitrogens with zero attached hydrogens (tertiary/aromatic N) is 2. The summed E-state index contributed by atoms with van der Waals surface area (Å²) in [6.07, 6.45) is 1.61. The Hall–Kier alpha value is -3.67. The molecule has 0 heterocycles. The maximum Gasteiger partial charge on any atom is 0.311 e. The van der Waals surface area contributed by atoms with Crippen LogP contribution in [0, 0.1) is 10.1 Å². The molecule has 0 aliphatic carbocycles. The van der Waals surface area contributed by atoms with Gasteiger partial charge in [-0.1, -0.05) is 42.5 Å². The zero-order valence-electron chi connectivity index (χ0n) is 13.2. The first-order chi connectivity index (χ1) is 12.2. The van der Waals surface area contributed by atoms with E-state index in [0.717, 1.165) is 5.69 Å². The lowest BCUT2D eigenvalue weighted by Crippen LogP contribution is -1.96. The Morgan fingerprint density at radius 2 is 1.52 bits per heavy atom. The molecule has 0 saturated carbocycles. The molecule has 25 heavy (non-hydrogen) atoms. The number of benzene rings is 3. The number of hydrazone groups is 1. The van der Waals surface area contributed by atoms with Crippen LogP contribution in [0.2, 0.25) is 0 Å². The van der Waals surface area contributed by atoms with Gasteiger partial charge in [0.1, 0.15) is 5.75 Å². The quantitative estimate of drug-likeness (QED) is 0.398.